The highest BCUT2D eigenvalue weighted by molar-refractivity contribution is 9.10. The van der Waals surface area contributed by atoms with Crippen molar-refractivity contribution in [2.75, 3.05) is 19.1 Å². The minimum absolute atomic E-state index is 0.155. The Morgan fingerprint density at radius 3 is 2.80 bits per heavy atom. The Kier molecular flexibility index (Phi) is 2.69. The van der Waals surface area contributed by atoms with Crippen molar-refractivity contribution < 1.29 is 9.53 Å². The third-order valence-corrected chi connectivity index (χ3v) is 3.41. The summed E-state index contributed by atoms with van der Waals surface area (Å²) in [5.41, 5.74) is 2.12. The van der Waals surface area contributed by atoms with Gasteiger partial charge in [-0.1, -0.05) is 15.9 Å². The Bertz CT molecular complexity index is 417. The molecule has 0 unspecified atom stereocenters. The number of amides is 1. The summed E-state index contributed by atoms with van der Waals surface area (Å²) < 4.78 is 6.19. The van der Waals surface area contributed by atoms with E-state index in [1.807, 2.05) is 12.1 Å². The second-order valence-corrected chi connectivity index (χ2v) is 4.41. The molecular weight excluding hydrogens is 258 g/mol. The summed E-state index contributed by atoms with van der Waals surface area (Å²) in [6, 6.07) is 3.83. The molecule has 0 bridgehead atoms. The molecule has 1 aromatic carbocycles. The second-order valence-electron chi connectivity index (χ2n) is 3.56. The number of methoxy groups -OCH3 is 1. The Morgan fingerprint density at radius 2 is 2.13 bits per heavy atom. The normalized spacial score (nSPS) is 15.1. The van der Waals surface area contributed by atoms with Gasteiger partial charge in [-0.3, -0.25) is 4.79 Å². The molecule has 15 heavy (non-hydrogen) atoms. The maximum atomic E-state index is 11.5. The van der Waals surface area contributed by atoms with Crippen LogP contribution in [0.2, 0.25) is 0 Å². The first kappa shape index (κ1) is 10.5. The fourth-order valence-corrected chi connectivity index (χ4v) is 2.42. The third kappa shape index (κ3) is 1.74. The smallest absolute Gasteiger partial charge is 0.227 e. The van der Waals surface area contributed by atoms with Gasteiger partial charge in [0.1, 0.15) is 5.75 Å². The zero-order valence-electron chi connectivity index (χ0n) is 8.71. The fraction of sp³-hybridized carbons (Fsp3) is 0.364. The molecule has 1 amide bonds. The van der Waals surface area contributed by atoms with E-state index in [9.17, 15) is 4.79 Å². The van der Waals surface area contributed by atoms with Crippen molar-refractivity contribution in [2.24, 2.45) is 0 Å². The Morgan fingerprint density at radius 1 is 1.40 bits per heavy atom. The summed E-state index contributed by atoms with van der Waals surface area (Å²) in [5.74, 6) is 0.921. The highest BCUT2D eigenvalue weighted by atomic mass is 79.9. The van der Waals surface area contributed by atoms with Crippen LogP contribution in [0, 0.1) is 0 Å². The molecule has 0 saturated carbocycles. The van der Waals surface area contributed by atoms with E-state index in [4.69, 9.17) is 4.74 Å². The fourth-order valence-electron chi connectivity index (χ4n) is 1.80. The van der Waals surface area contributed by atoms with Crippen LogP contribution in [0.15, 0.2) is 16.6 Å². The van der Waals surface area contributed by atoms with Gasteiger partial charge in [0.2, 0.25) is 5.91 Å². The molecule has 0 radical (unpaired) electrons. The Balaban J connectivity index is 2.55. The van der Waals surface area contributed by atoms with Crippen molar-refractivity contribution in [1.29, 1.82) is 0 Å². The number of carbonyl (C=O) groups excluding carboxylic acids is 1. The lowest BCUT2D eigenvalue weighted by atomic mass is 10.0. The minimum atomic E-state index is 0.155. The molecule has 0 aliphatic carbocycles. The summed E-state index contributed by atoms with van der Waals surface area (Å²) in [6.07, 6.45) is 1.37. The largest absolute Gasteiger partial charge is 0.497 e. The number of rotatable bonds is 1. The number of halogens is 1. The van der Waals surface area contributed by atoms with Crippen molar-refractivity contribution in [3.63, 3.8) is 0 Å². The molecule has 0 N–H and O–H groups in total. The van der Waals surface area contributed by atoms with Crippen molar-refractivity contribution in [2.45, 2.75) is 12.8 Å². The Labute approximate surface area is 97.2 Å². The van der Waals surface area contributed by atoms with E-state index in [-0.39, 0.29) is 5.91 Å². The molecule has 0 aromatic heterocycles. The molecule has 0 saturated heterocycles. The highest BCUT2D eigenvalue weighted by Gasteiger charge is 2.23. The number of nitrogens with zero attached hydrogens (tertiary/aromatic N) is 1. The molecule has 1 heterocycles. The topological polar surface area (TPSA) is 29.5 Å². The lowest BCUT2D eigenvalue weighted by Gasteiger charge is -2.27. The molecule has 4 heteroatoms. The van der Waals surface area contributed by atoms with Crippen LogP contribution < -0.4 is 9.64 Å². The van der Waals surface area contributed by atoms with E-state index in [1.54, 1.807) is 19.1 Å². The van der Waals surface area contributed by atoms with Gasteiger partial charge in [-0.2, -0.15) is 0 Å². The van der Waals surface area contributed by atoms with Gasteiger partial charge < -0.3 is 9.64 Å². The molecule has 1 aromatic rings. The molecule has 2 rings (SSSR count). The van der Waals surface area contributed by atoms with Crippen LogP contribution >= 0.6 is 15.9 Å². The first-order valence-corrected chi connectivity index (χ1v) is 5.55. The first-order chi connectivity index (χ1) is 7.13. The van der Waals surface area contributed by atoms with Crippen LogP contribution in [0.4, 0.5) is 5.69 Å². The lowest BCUT2D eigenvalue weighted by molar-refractivity contribution is -0.118. The molecule has 1 aliphatic rings. The van der Waals surface area contributed by atoms with Crippen LogP contribution in [0.5, 0.6) is 5.75 Å². The molecule has 0 fully saturated rings. The molecule has 80 valence electrons. The predicted molar refractivity (Wildman–Crippen MR) is 62.4 cm³/mol. The molecule has 0 atom stereocenters. The van der Waals surface area contributed by atoms with E-state index in [0.29, 0.717) is 6.42 Å². The minimum Gasteiger partial charge on any atom is -0.497 e. The molecular formula is C11H12BrNO2. The van der Waals surface area contributed by atoms with Crippen LogP contribution in [-0.4, -0.2) is 20.1 Å². The highest BCUT2D eigenvalue weighted by Crippen LogP contribution is 2.36. The van der Waals surface area contributed by atoms with Gasteiger partial charge in [0.15, 0.2) is 0 Å². The average Bonchev–Trinajstić information content (AvgIpc) is 2.23. The maximum Gasteiger partial charge on any atom is 0.227 e. The Hall–Kier alpha value is -1.03. The van der Waals surface area contributed by atoms with Gasteiger partial charge >= 0.3 is 0 Å². The lowest BCUT2D eigenvalue weighted by Crippen LogP contribution is -2.31. The standard InChI is InChI=1S/C11H12BrNO2/c1-13-10-6-7(15-2)5-9(12)8(10)3-4-11(13)14/h5-6H,3-4H2,1-2H3. The van der Waals surface area contributed by atoms with Crippen molar-refractivity contribution in [3.05, 3.63) is 22.2 Å². The molecule has 1 aliphatic heterocycles. The molecule has 3 nitrogen and oxygen atoms in total. The van der Waals surface area contributed by atoms with Gasteiger partial charge in [-0.25, -0.2) is 0 Å². The zero-order chi connectivity index (χ0) is 11.0. The van der Waals surface area contributed by atoms with E-state index < -0.39 is 0 Å². The van der Waals surface area contributed by atoms with E-state index in [1.165, 1.54) is 5.56 Å². The van der Waals surface area contributed by atoms with Gasteiger partial charge in [0, 0.05) is 24.0 Å². The van der Waals surface area contributed by atoms with E-state index in [2.05, 4.69) is 15.9 Å². The molecule has 0 spiro atoms. The van der Waals surface area contributed by atoms with Crippen LogP contribution in [0.1, 0.15) is 12.0 Å². The van der Waals surface area contributed by atoms with Crippen LogP contribution in [0.3, 0.4) is 0 Å². The summed E-state index contributed by atoms with van der Waals surface area (Å²) in [4.78, 5) is 13.2. The van der Waals surface area contributed by atoms with Gasteiger partial charge in [-0.05, 0) is 18.1 Å². The number of anilines is 1. The summed E-state index contributed by atoms with van der Waals surface area (Å²) >= 11 is 3.50. The zero-order valence-corrected chi connectivity index (χ0v) is 10.3. The third-order valence-electron chi connectivity index (χ3n) is 2.71. The number of ether oxygens (including phenoxy) is 1. The van der Waals surface area contributed by atoms with E-state index >= 15 is 0 Å². The van der Waals surface area contributed by atoms with Crippen LogP contribution in [-0.2, 0) is 11.2 Å². The number of fused-ring (bicyclic) bond motifs is 1. The van der Waals surface area contributed by atoms with Gasteiger partial charge in [0.25, 0.3) is 0 Å². The van der Waals surface area contributed by atoms with Crippen molar-refractivity contribution in [1.82, 2.24) is 0 Å². The SMILES string of the molecule is COc1cc(Br)c2c(c1)N(C)C(=O)CC2. The number of benzene rings is 1. The monoisotopic (exact) mass is 269 g/mol. The first-order valence-electron chi connectivity index (χ1n) is 4.76. The number of hydrogen-bond acceptors (Lipinski definition) is 2. The predicted octanol–water partition coefficient (Wildman–Crippen LogP) is 2.37. The summed E-state index contributed by atoms with van der Waals surface area (Å²) in [7, 11) is 3.42. The maximum absolute atomic E-state index is 11.5. The average molecular weight is 270 g/mol. The van der Waals surface area contributed by atoms with Gasteiger partial charge in [0.05, 0.1) is 12.8 Å². The quantitative estimate of drug-likeness (QED) is 0.784. The number of hydrogen-bond donors (Lipinski definition) is 0. The van der Waals surface area contributed by atoms with Crippen molar-refractivity contribution in [3.8, 4) is 5.75 Å². The van der Waals surface area contributed by atoms with Crippen LogP contribution in [0.25, 0.3) is 0 Å². The van der Waals surface area contributed by atoms with E-state index in [0.717, 1.165) is 22.3 Å². The summed E-state index contributed by atoms with van der Waals surface area (Å²) in [6.45, 7) is 0. The van der Waals surface area contributed by atoms with Gasteiger partial charge in [-0.15, -0.1) is 0 Å². The second kappa shape index (κ2) is 3.85. The number of carbonyl (C=O) groups is 1. The van der Waals surface area contributed by atoms with Crippen molar-refractivity contribution >= 4 is 27.5 Å². The summed E-state index contributed by atoms with van der Waals surface area (Å²) in [5, 5.41) is 0.